The molecular weight excluding hydrogens is 362 g/mol. The van der Waals surface area contributed by atoms with E-state index in [1.807, 2.05) is 6.92 Å². The van der Waals surface area contributed by atoms with Crippen molar-refractivity contribution in [2.75, 3.05) is 33.0 Å². The zero-order valence-corrected chi connectivity index (χ0v) is 20.4. The second kappa shape index (κ2) is 32.5. The van der Waals surface area contributed by atoms with Crippen LogP contribution in [-0.4, -0.2) is 33.0 Å². The van der Waals surface area contributed by atoms with Gasteiger partial charge in [-0.05, 0) is 39.7 Å². The molecule has 0 saturated heterocycles. The van der Waals surface area contributed by atoms with Crippen molar-refractivity contribution in [2.45, 2.75) is 130 Å². The molecule has 178 valence electrons. The van der Waals surface area contributed by atoms with Gasteiger partial charge in [-0.3, -0.25) is 0 Å². The van der Waals surface area contributed by atoms with E-state index in [0.717, 1.165) is 39.2 Å². The van der Waals surface area contributed by atoms with E-state index < -0.39 is 0 Å². The van der Waals surface area contributed by atoms with Gasteiger partial charge in [-0.2, -0.15) is 0 Å². The second-order valence-electron chi connectivity index (χ2n) is 7.87. The van der Waals surface area contributed by atoms with Gasteiger partial charge in [0.2, 0.25) is 0 Å². The maximum Gasteiger partial charge on any atom is 0.0822 e. The van der Waals surface area contributed by atoms with E-state index in [9.17, 15) is 0 Å². The Morgan fingerprint density at radius 1 is 0.448 bits per heavy atom. The third-order valence-corrected chi connectivity index (χ3v) is 4.96. The molecule has 2 N–H and O–H groups in total. The van der Waals surface area contributed by atoms with Crippen molar-refractivity contribution >= 4 is 0 Å². The van der Waals surface area contributed by atoms with E-state index in [-0.39, 0.29) is 0 Å². The number of ether oxygens (including phenoxy) is 1. The predicted octanol–water partition coefficient (Wildman–Crippen LogP) is 7.59. The molecule has 0 radical (unpaired) electrons. The average molecular weight is 418 g/mol. The van der Waals surface area contributed by atoms with Gasteiger partial charge in [-0.1, -0.05) is 96.8 Å². The molecule has 0 amide bonds. The molecule has 0 aliphatic rings. The van der Waals surface area contributed by atoms with Crippen LogP contribution in [-0.2, 0) is 14.5 Å². The van der Waals surface area contributed by atoms with Crippen LogP contribution < -0.4 is 5.73 Å². The highest BCUT2D eigenvalue weighted by molar-refractivity contribution is 4.50. The Morgan fingerprint density at radius 2 is 0.793 bits per heavy atom. The summed E-state index contributed by atoms with van der Waals surface area (Å²) >= 11 is 0. The standard InChI is InChI=1S/C22H46O3.C3H9N/c1-3-23-21-19-17-15-13-11-9-7-5-6-8-10-12-14-16-18-20-22-25-24-4-2;1-2-3-4/h3-22H2,1-2H3;2-4H2,1H3. The van der Waals surface area contributed by atoms with E-state index in [2.05, 4.69) is 13.8 Å². The minimum Gasteiger partial charge on any atom is -0.382 e. The summed E-state index contributed by atoms with van der Waals surface area (Å²) in [5.41, 5.74) is 5.03. The number of unbranched alkanes of at least 4 members (excludes halogenated alkanes) is 15. The van der Waals surface area contributed by atoms with Gasteiger partial charge >= 0.3 is 0 Å². The first kappa shape index (κ1) is 31.0. The molecule has 0 saturated carbocycles. The third kappa shape index (κ3) is 35.6. The van der Waals surface area contributed by atoms with Crippen LogP contribution in [0.4, 0.5) is 0 Å². The summed E-state index contributed by atoms with van der Waals surface area (Å²) in [7, 11) is 0. The summed E-state index contributed by atoms with van der Waals surface area (Å²) in [5.74, 6) is 0. The van der Waals surface area contributed by atoms with E-state index in [1.165, 1.54) is 96.3 Å². The highest BCUT2D eigenvalue weighted by Gasteiger charge is 1.95. The second-order valence-corrected chi connectivity index (χ2v) is 7.87. The molecule has 29 heavy (non-hydrogen) atoms. The maximum atomic E-state index is 5.36. The van der Waals surface area contributed by atoms with Crippen LogP contribution in [0.1, 0.15) is 130 Å². The largest absolute Gasteiger partial charge is 0.382 e. The van der Waals surface area contributed by atoms with Crippen molar-refractivity contribution in [3.63, 3.8) is 0 Å². The van der Waals surface area contributed by atoms with Crippen molar-refractivity contribution in [3.8, 4) is 0 Å². The molecular formula is C25H55NO3. The SMILES string of the molecule is CCCN.CCOCCCCCCCCCCCCCCCCCCOOCC. The third-order valence-electron chi connectivity index (χ3n) is 4.96. The van der Waals surface area contributed by atoms with Crippen LogP contribution in [0.5, 0.6) is 0 Å². The lowest BCUT2D eigenvalue weighted by atomic mass is 10.0. The fourth-order valence-corrected chi connectivity index (χ4v) is 3.13. The first-order valence-electron chi connectivity index (χ1n) is 12.9. The van der Waals surface area contributed by atoms with Crippen LogP contribution in [0.3, 0.4) is 0 Å². The summed E-state index contributed by atoms with van der Waals surface area (Å²) in [5, 5.41) is 0. The van der Waals surface area contributed by atoms with Crippen molar-refractivity contribution in [2.24, 2.45) is 5.73 Å². The molecule has 4 nitrogen and oxygen atoms in total. The van der Waals surface area contributed by atoms with Crippen LogP contribution in [0.25, 0.3) is 0 Å². The van der Waals surface area contributed by atoms with Gasteiger partial charge < -0.3 is 10.5 Å². The maximum absolute atomic E-state index is 5.36. The highest BCUT2D eigenvalue weighted by Crippen LogP contribution is 2.13. The van der Waals surface area contributed by atoms with Crippen molar-refractivity contribution in [1.82, 2.24) is 0 Å². The smallest absolute Gasteiger partial charge is 0.0822 e. The Kier molecular flexibility index (Phi) is 34.8. The molecule has 0 atom stereocenters. The van der Waals surface area contributed by atoms with Crippen molar-refractivity contribution in [3.05, 3.63) is 0 Å². The molecule has 0 aliphatic carbocycles. The Morgan fingerprint density at radius 3 is 1.10 bits per heavy atom. The van der Waals surface area contributed by atoms with E-state index in [0.29, 0.717) is 6.61 Å². The number of rotatable bonds is 23. The monoisotopic (exact) mass is 417 g/mol. The molecule has 0 bridgehead atoms. The average Bonchev–Trinajstić information content (AvgIpc) is 2.75. The van der Waals surface area contributed by atoms with Gasteiger partial charge in [0.25, 0.3) is 0 Å². The van der Waals surface area contributed by atoms with Gasteiger partial charge in [0, 0.05) is 13.2 Å². The van der Waals surface area contributed by atoms with Gasteiger partial charge in [0.15, 0.2) is 0 Å². The van der Waals surface area contributed by atoms with Crippen molar-refractivity contribution in [1.29, 1.82) is 0 Å². The van der Waals surface area contributed by atoms with E-state index in [1.54, 1.807) is 0 Å². The summed E-state index contributed by atoms with van der Waals surface area (Å²) in [6, 6.07) is 0. The van der Waals surface area contributed by atoms with E-state index >= 15 is 0 Å². The molecule has 0 spiro atoms. The molecule has 0 aromatic carbocycles. The molecule has 0 heterocycles. The first-order chi connectivity index (χ1) is 14.3. The zero-order chi connectivity index (χ0) is 21.7. The number of hydrogen-bond acceptors (Lipinski definition) is 4. The molecule has 0 rings (SSSR count). The Labute approximate surface area is 183 Å². The van der Waals surface area contributed by atoms with Gasteiger partial charge in [-0.25, -0.2) is 9.78 Å². The van der Waals surface area contributed by atoms with Crippen LogP contribution in [0.2, 0.25) is 0 Å². The number of hydrogen-bond donors (Lipinski definition) is 1. The quantitative estimate of drug-likeness (QED) is 0.106. The van der Waals surface area contributed by atoms with E-state index in [4.69, 9.17) is 20.2 Å². The minimum absolute atomic E-state index is 0.648. The number of nitrogens with two attached hydrogens (primary N) is 1. The summed E-state index contributed by atoms with van der Waals surface area (Å²) in [6.07, 6.45) is 23.1. The zero-order valence-electron chi connectivity index (χ0n) is 20.4. The normalized spacial score (nSPS) is 10.8. The lowest BCUT2D eigenvalue weighted by Gasteiger charge is -2.04. The van der Waals surface area contributed by atoms with Crippen molar-refractivity contribution < 1.29 is 14.5 Å². The minimum atomic E-state index is 0.648. The molecule has 0 aromatic rings. The summed E-state index contributed by atoms with van der Waals surface area (Å²) in [4.78, 5) is 9.88. The van der Waals surface area contributed by atoms with Gasteiger partial charge in [-0.15, -0.1) is 0 Å². The topological polar surface area (TPSA) is 53.7 Å². The summed E-state index contributed by atoms with van der Waals surface area (Å²) in [6.45, 7) is 10.1. The summed E-state index contributed by atoms with van der Waals surface area (Å²) < 4.78 is 5.36. The first-order valence-corrected chi connectivity index (χ1v) is 12.9. The molecule has 0 aliphatic heterocycles. The van der Waals surface area contributed by atoms with Gasteiger partial charge in [0.1, 0.15) is 0 Å². The Balaban J connectivity index is 0. The van der Waals surface area contributed by atoms with Gasteiger partial charge in [0.05, 0.1) is 13.2 Å². The molecule has 0 aromatic heterocycles. The Bertz CT molecular complexity index is 228. The Hall–Kier alpha value is -0.160. The lowest BCUT2D eigenvalue weighted by Crippen LogP contribution is -1.95. The lowest BCUT2D eigenvalue weighted by molar-refractivity contribution is -0.291. The molecule has 0 unspecified atom stereocenters. The van der Waals surface area contributed by atoms with Crippen LogP contribution in [0.15, 0.2) is 0 Å². The fourth-order valence-electron chi connectivity index (χ4n) is 3.13. The highest BCUT2D eigenvalue weighted by atomic mass is 17.2. The predicted molar refractivity (Wildman–Crippen MR) is 127 cm³/mol. The van der Waals surface area contributed by atoms with Crippen LogP contribution in [0, 0.1) is 0 Å². The fraction of sp³-hybridized carbons (Fsp3) is 1.00. The van der Waals surface area contributed by atoms with Crippen LogP contribution >= 0.6 is 0 Å². The molecule has 4 heteroatoms. The molecule has 0 fully saturated rings.